The van der Waals surface area contributed by atoms with Gasteiger partial charge in [0, 0.05) is 19.6 Å². The molecule has 2 rings (SSSR count). The minimum Gasteiger partial charge on any atom is -0.467 e. The Morgan fingerprint density at radius 1 is 1.38 bits per heavy atom. The van der Waals surface area contributed by atoms with E-state index in [2.05, 4.69) is 32.5 Å². The van der Waals surface area contributed by atoms with Gasteiger partial charge in [0.2, 0.25) is 17.8 Å². The molecule has 1 amide bonds. The molecule has 21 heavy (non-hydrogen) atoms. The number of amides is 1. The highest BCUT2D eigenvalue weighted by Gasteiger charge is 2.39. The largest absolute Gasteiger partial charge is 0.467 e. The minimum atomic E-state index is -0.716. The van der Waals surface area contributed by atoms with Gasteiger partial charge in [-0.15, -0.1) is 0 Å². The summed E-state index contributed by atoms with van der Waals surface area (Å²) in [7, 11) is 1.51. The van der Waals surface area contributed by atoms with Gasteiger partial charge in [0.1, 0.15) is 5.54 Å². The lowest BCUT2D eigenvalue weighted by Gasteiger charge is -2.41. The third-order valence-corrected chi connectivity index (χ3v) is 3.41. The molecule has 0 aromatic carbocycles. The number of piperazine rings is 1. The lowest BCUT2D eigenvalue weighted by Crippen LogP contribution is -2.62. The molecule has 8 heteroatoms. The van der Waals surface area contributed by atoms with Gasteiger partial charge in [0.15, 0.2) is 0 Å². The van der Waals surface area contributed by atoms with Gasteiger partial charge in [-0.2, -0.15) is 15.0 Å². The average Bonchev–Trinajstić information content (AvgIpc) is 2.47. The van der Waals surface area contributed by atoms with Gasteiger partial charge < -0.3 is 20.3 Å². The molecule has 0 spiro atoms. The van der Waals surface area contributed by atoms with E-state index in [1.807, 2.05) is 18.7 Å². The Balaban J connectivity index is 2.35. The van der Waals surface area contributed by atoms with Crippen molar-refractivity contribution in [2.45, 2.75) is 32.7 Å². The maximum atomic E-state index is 12.0. The lowest BCUT2D eigenvalue weighted by atomic mass is 10.00. The molecule has 116 valence electrons. The first-order valence-corrected chi connectivity index (χ1v) is 7.09. The molecule has 1 saturated heterocycles. The van der Waals surface area contributed by atoms with Gasteiger partial charge in [0.25, 0.3) is 0 Å². The zero-order valence-electron chi connectivity index (χ0n) is 12.9. The van der Waals surface area contributed by atoms with Crippen molar-refractivity contribution in [2.24, 2.45) is 0 Å². The highest BCUT2D eigenvalue weighted by Crippen LogP contribution is 2.24. The Bertz CT molecular complexity index is 519. The van der Waals surface area contributed by atoms with Crippen LogP contribution in [-0.4, -0.2) is 53.1 Å². The van der Waals surface area contributed by atoms with Crippen LogP contribution in [-0.2, 0) is 4.79 Å². The zero-order valence-corrected chi connectivity index (χ0v) is 12.9. The van der Waals surface area contributed by atoms with E-state index in [1.165, 1.54) is 7.11 Å². The third-order valence-electron chi connectivity index (χ3n) is 3.41. The van der Waals surface area contributed by atoms with Crippen molar-refractivity contribution in [3.05, 3.63) is 0 Å². The molecular weight excluding hydrogens is 272 g/mol. The van der Waals surface area contributed by atoms with Crippen LogP contribution in [0.25, 0.3) is 0 Å². The summed E-state index contributed by atoms with van der Waals surface area (Å²) in [5.74, 6) is 0.858. The van der Waals surface area contributed by atoms with Crippen LogP contribution in [0.2, 0.25) is 0 Å². The quantitative estimate of drug-likeness (QED) is 0.813. The number of aromatic nitrogens is 3. The number of nitrogens with zero attached hydrogens (tertiary/aromatic N) is 4. The van der Waals surface area contributed by atoms with Crippen molar-refractivity contribution in [1.29, 1.82) is 0 Å². The molecule has 2 N–H and O–H groups in total. The van der Waals surface area contributed by atoms with Crippen molar-refractivity contribution in [1.82, 2.24) is 20.3 Å². The number of anilines is 2. The number of nitrogens with one attached hydrogen (secondary N) is 2. The first-order chi connectivity index (χ1) is 9.98. The summed E-state index contributed by atoms with van der Waals surface area (Å²) in [6.45, 7) is 7.71. The summed E-state index contributed by atoms with van der Waals surface area (Å²) in [6.07, 6.45) is 0.959. The van der Waals surface area contributed by atoms with Gasteiger partial charge in [-0.05, 0) is 20.3 Å². The molecule has 0 unspecified atom stereocenters. The first kappa shape index (κ1) is 15.3. The van der Waals surface area contributed by atoms with Crippen LogP contribution in [0.1, 0.15) is 27.2 Å². The number of carbonyl (C=O) groups is 1. The van der Waals surface area contributed by atoms with E-state index in [4.69, 9.17) is 4.74 Å². The molecule has 8 nitrogen and oxygen atoms in total. The Hall–Kier alpha value is -2.12. The number of hydrogen-bond acceptors (Lipinski definition) is 7. The highest BCUT2D eigenvalue weighted by atomic mass is 16.5. The van der Waals surface area contributed by atoms with Crippen LogP contribution in [0.15, 0.2) is 0 Å². The molecule has 0 radical (unpaired) electrons. The summed E-state index contributed by atoms with van der Waals surface area (Å²) >= 11 is 0. The normalized spacial score (nSPS) is 17.3. The van der Waals surface area contributed by atoms with Crippen molar-refractivity contribution < 1.29 is 9.53 Å². The molecule has 1 aliphatic heterocycles. The summed E-state index contributed by atoms with van der Waals surface area (Å²) in [5.41, 5.74) is -0.716. The Morgan fingerprint density at radius 2 is 2.14 bits per heavy atom. The molecule has 1 aromatic rings. The van der Waals surface area contributed by atoms with E-state index in [1.54, 1.807) is 0 Å². The standard InChI is InChI=1S/C13H22N6O2/c1-5-6-15-10-16-11(18-12(17-10)21-4)19-8-7-14-9(20)13(19,2)3/h5-8H2,1-4H3,(H,14,20)(H,15,16,17,18). The van der Waals surface area contributed by atoms with Crippen LogP contribution in [0.3, 0.4) is 0 Å². The van der Waals surface area contributed by atoms with Gasteiger partial charge in [-0.3, -0.25) is 4.79 Å². The predicted molar refractivity (Wildman–Crippen MR) is 79.6 cm³/mol. The van der Waals surface area contributed by atoms with Crippen molar-refractivity contribution >= 4 is 17.8 Å². The fraction of sp³-hybridized carbons (Fsp3) is 0.692. The summed E-state index contributed by atoms with van der Waals surface area (Å²) in [6, 6.07) is 0.236. The number of hydrogen-bond donors (Lipinski definition) is 2. The molecule has 0 atom stereocenters. The highest BCUT2D eigenvalue weighted by molar-refractivity contribution is 5.89. The molecule has 0 aliphatic carbocycles. The van der Waals surface area contributed by atoms with Crippen molar-refractivity contribution in [3.63, 3.8) is 0 Å². The van der Waals surface area contributed by atoms with Gasteiger partial charge in [-0.25, -0.2) is 0 Å². The second kappa shape index (κ2) is 6.11. The molecule has 1 aromatic heterocycles. The topological polar surface area (TPSA) is 92.3 Å². The van der Waals surface area contributed by atoms with E-state index in [-0.39, 0.29) is 11.9 Å². The maximum Gasteiger partial charge on any atom is 0.322 e. The summed E-state index contributed by atoms with van der Waals surface area (Å²) in [5, 5.41) is 5.97. The fourth-order valence-electron chi connectivity index (χ4n) is 2.12. The molecule has 0 saturated carbocycles. The predicted octanol–water partition coefficient (Wildman–Crippen LogP) is 0.417. The second-order valence-corrected chi connectivity index (χ2v) is 5.34. The maximum absolute atomic E-state index is 12.0. The first-order valence-electron chi connectivity index (χ1n) is 7.09. The molecule has 1 aliphatic rings. The van der Waals surface area contributed by atoms with Gasteiger partial charge in [0.05, 0.1) is 7.11 Å². The molecular formula is C13H22N6O2. The van der Waals surface area contributed by atoms with Crippen LogP contribution in [0, 0.1) is 0 Å². The van der Waals surface area contributed by atoms with E-state index >= 15 is 0 Å². The second-order valence-electron chi connectivity index (χ2n) is 5.34. The monoisotopic (exact) mass is 294 g/mol. The van der Waals surface area contributed by atoms with E-state index in [0.717, 1.165) is 13.0 Å². The average molecular weight is 294 g/mol. The van der Waals surface area contributed by atoms with Crippen molar-refractivity contribution in [3.8, 4) is 6.01 Å². The third kappa shape index (κ3) is 3.14. The van der Waals surface area contributed by atoms with E-state index in [0.29, 0.717) is 25.0 Å². The molecule has 2 heterocycles. The lowest BCUT2D eigenvalue weighted by molar-refractivity contribution is -0.126. The Labute approximate surface area is 124 Å². The van der Waals surface area contributed by atoms with Gasteiger partial charge in [-0.1, -0.05) is 6.92 Å². The fourth-order valence-corrected chi connectivity index (χ4v) is 2.12. The Kier molecular flexibility index (Phi) is 4.44. The molecule has 0 bridgehead atoms. The smallest absolute Gasteiger partial charge is 0.322 e. The summed E-state index contributed by atoms with van der Waals surface area (Å²) < 4.78 is 5.13. The number of methoxy groups -OCH3 is 1. The Morgan fingerprint density at radius 3 is 2.81 bits per heavy atom. The van der Waals surface area contributed by atoms with Crippen molar-refractivity contribution in [2.75, 3.05) is 37.0 Å². The van der Waals surface area contributed by atoms with Crippen LogP contribution in [0.5, 0.6) is 6.01 Å². The minimum absolute atomic E-state index is 0.0452. The van der Waals surface area contributed by atoms with Gasteiger partial charge >= 0.3 is 6.01 Å². The van der Waals surface area contributed by atoms with Crippen LogP contribution in [0.4, 0.5) is 11.9 Å². The zero-order chi connectivity index (χ0) is 15.5. The van der Waals surface area contributed by atoms with Crippen LogP contribution >= 0.6 is 0 Å². The number of carbonyl (C=O) groups excluding carboxylic acids is 1. The number of rotatable bonds is 5. The van der Waals surface area contributed by atoms with E-state index in [9.17, 15) is 4.79 Å². The summed E-state index contributed by atoms with van der Waals surface area (Å²) in [4.78, 5) is 26.8. The van der Waals surface area contributed by atoms with Crippen LogP contribution < -0.4 is 20.3 Å². The molecule has 1 fully saturated rings. The SMILES string of the molecule is CCCNc1nc(OC)nc(N2CCNC(=O)C2(C)C)n1. The number of ether oxygens (including phenoxy) is 1. The van der Waals surface area contributed by atoms with E-state index < -0.39 is 5.54 Å².